The second-order valence-corrected chi connectivity index (χ2v) is 9.21. The number of rotatable bonds is 4. The van der Waals surface area contributed by atoms with Gasteiger partial charge in [-0.3, -0.25) is 14.5 Å². The summed E-state index contributed by atoms with van der Waals surface area (Å²) in [5, 5.41) is 3.46. The molecule has 0 aliphatic carbocycles. The Labute approximate surface area is 184 Å². The Balaban J connectivity index is 1.44. The zero-order chi connectivity index (χ0) is 21.4. The molecule has 0 bridgehead atoms. The van der Waals surface area contributed by atoms with Gasteiger partial charge < -0.3 is 15.1 Å². The minimum absolute atomic E-state index is 0.161. The summed E-state index contributed by atoms with van der Waals surface area (Å²) < 4.78 is 3.01. The van der Waals surface area contributed by atoms with Gasteiger partial charge in [-0.1, -0.05) is 25.4 Å². The Hall–Kier alpha value is -2.23. The highest BCUT2D eigenvalue weighted by atomic mass is 35.5. The molecule has 3 heterocycles. The molecule has 0 spiro atoms. The molecule has 2 N–H and O–H groups in total. The first-order chi connectivity index (χ1) is 14.3. The van der Waals surface area contributed by atoms with E-state index in [9.17, 15) is 14.4 Å². The van der Waals surface area contributed by atoms with Crippen molar-refractivity contribution in [1.29, 1.82) is 0 Å². The number of imide groups is 1. The molecule has 3 aliphatic rings. The minimum atomic E-state index is -0.694. The molecule has 8 nitrogen and oxygen atoms in total. The first-order valence-corrected chi connectivity index (χ1v) is 11.1. The molecule has 2 fully saturated rings. The molecule has 1 atom stereocenters. The van der Waals surface area contributed by atoms with Crippen molar-refractivity contribution in [3.8, 4) is 0 Å². The van der Waals surface area contributed by atoms with E-state index in [1.54, 1.807) is 4.90 Å². The van der Waals surface area contributed by atoms with Crippen LogP contribution in [0.5, 0.6) is 0 Å². The van der Waals surface area contributed by atoms with Gasteiger partial charge in [-0.05, 0) is 42.1 Å². The standard InChI is InChI=1S/C20H24ClN5O3S/c1-12(2)11-26-18(27)16-15(22-20(26)29)17(30-23-16)19(28)25-9-7-24(8-10-25)14-5-3-13(21)4-6-14/h3-6,12,16,23H,7-11H2,1-2H3,(H,22,29). The predicted molar refractivity (Wildman–Crippen MR) is 117 cm³/mol. The van der Waals surface area contributed by atoms with Crippen molar-refractivity contribution in [2.75, 3.05) is 37.6 Å². The van der Waals surface area contributed by atoms with E-state index in [-0.39, 0.29) is 17.7 Å². The van der Waals surface area contributed by atoms with Crippen LogP contribution in [0.2, 0.25) is 5.02 Å². The number of benzene rings is 1. The third-order valence-corrected chi connectivity index (χ3v) is 6.52. The van der Waals surface area contributed by atoms with Crippen molar-refractivity contribution in [3.05, 3.63) is 39.9 Å². The monoisotopic (exact) mass is 449 g/mol. The zero-order valence-electron chi connectivity index (χ0n) is 16.9. The summed E-state index contributed by atoms with van der Waals surface area (Å²) in [6.45, 7) is 6.76. The van der Waals surface area contributed by atoms with Gasteiger partial charge in [0.2, 0.25) is 0 Å². The van der Waals surface area contributed by atoms with E-state index in [1.165, 1.54) is 4.90 Å². The molecule has 4 amide bonds. The number of carbonyl (C=O) groups is 3. The molecule has 160 valence electrons. The Morgan fingerprint density at radius 1 is 1.17 bits per heavy atom. The summed E-state index contributed by atoms with van der Waals surface area (Å²) in [5.74, 6) is -0.311. The molecule has 4 rings (SSSR count). The fraction of sp³-hybridized carbons (Fsp3) is 0.450. The van der Waals surface area contributed by atoms with Gasteiger partial charge in [0.25, 0.3) is 11.8 Å². The van der Waals surface area contributed by atoms with Crippen molar-refractivity contribution in [1.82, 2.24) is 19.8 Å². The third-order valence-electron chi connectivity index (χ3n) is 5.31. The molecule has 0 saturated carbocycles. The average molecular weight is 450 g/mol. The molecular weight excluding hydrogens is 426 g/mol. The highest BCUT2D eigenvalue weighted by Crippen LogP contribution is 2.32. The number of halogens is 1. The van der Waals surface area contributed by atoms with Gasteiger partial charge >= 0.3 is 6.03 Å². The van der Waals surface area contributed by atoms with Crippen LogP contribution in [-0.2, 0) is 9.59 Å². The van der Waals surface area contributed by atoms with Crippen LogP contribution in [-0.4, -0.2) is 66.4 Å². The quantitative estimate of drug-likeness (QED) is 0.684. The van der Waals surface area contributed by atoms with E-state index in [1.807, 2.05) is 38.1 Å². The van der Waals surface area contributed by atoms with E-state index in [4.69, 9.17) is 11.6 Å². The van der Waals surface area contributed by atoms with Crippen LogP contribution in [0, 0.1) is 5.92 Å². The van der Waals surface area contributed by atoms with Crippen LogP contribution < -0.4 is 14.9 Å². The Kier molecular flexibility index (Phi) is 5.95. The fourth-order valence-electron chi connectivity index (χ4n) is 3.76. The van der Waals surface area contributed by atoms with Gasteiger partial charge in [0.05, 0.1) is 5.70 Å². The molecule has 1 aromatic rings. The van der Waals surface area contributed by atoms with Gasteiger partial charge in [-0.25, -0.2) is 9.52 Å². The predicted octanol–water partition coefficient (Wildman–Crippen LogP) is 2.03. The lowest BCUT2D eigenvalue weighted by Gasteiger charge is -2.36. The van der Waals surface area contributed by atoms with Gasteiger partial charge in [-0.2, -0.15) is 0 Å². The second-order valence-electron chi connectivity index (χ2n) is 7.92. The molecular formula is C20H24ClN5O3S. The largest absolute Gasteiger partial charge is 0.368 e. The highest BCUT2D eigenvalue weighted by molar-refractivity contribution is 8.02. The molecule has 2 saturated heterocycles. The highest BCUT2D eigenvalue weighted by Gasteiger charge is 2.45. The molecule has 3 aliphatic heterocycles. The summed E-state index contributed by atoms with van der Waals surface area (Å²) >= 11 is 7.08. The lowest BCUT2D eigenvalue weighted by molar-refractivity contribution is -0.130. The number of amides is 4. The van der Waals surface area contributed by atoms with E-state index in [2.05, 4.69) is 14.9 Å². The van der Waals surface area contributed by atoms with Crippen LogP contribution in [0.25, 0.3) is 0 Å². The van der Waals surface area contributed by atoms with E-state index in [0.29, 0.717) is 48.3 Å². The summed E-state index contributed by atoms with van der Waals surface area (Å²) in [6, 6.07) is 6.48. The topological polar surface area (TPSA) is 85.0 Å². The van der Waals surface area contributed by atoms with Gasteiger partial charge in [0, 0.05) is 43.4 Å². The number of hydrogen-bond acceptors (Lipinski definition) is 6. The number of urea groups is 1. The van der Waals surface area contributed by atoms with Gasteiger partial charge in [-0.15, -0.1) is 0 Å². The van der Waals surface area contributed by atoms with E-state index < -0.39 is 12.1 Å². The first kappa shape index (κ1) is 21.0. The van der Waals surface area contributed by atoms with Crippen molar-refractivity contribution < 1.29 is 14.4 Å². The molecule has 10 heteroatoms. The molecule has 30 heavy (non-hydrogen) atoms. The van der Waals surface area contributed by atoms with Crippen LogP contribution in [0.4, 0.5) is 10.5 Å². The third kappa shape index (κ3) is 4.01. The Morgan fingerprint density at radius 2 is 1.83 bits per heavy atom. The number of nitrogens with zero attached hydrogens (tertiary/aromatic N) is 3. The first-order valence-electron chi connectivity index (χ1n) is 9.94. The minimum Gasteiger partial charge on any atom is -0.368 e. The molecule has 1 aromatic carbocycles. The molecule has 1 unspecified atom stereocenters. The smallest absolute Gasteiger partial charge is 0.328 e. The number of piperazine rings is 1. The summed E-state index contributed by atoms with van der Waals surface area (Å²) in [4.78, 5) is 43.9. The van der Waals surface area contributed by atoms with Crippen LogP contribution in [0.15, 0.2) is 34.9 Å². The molecule has 0 aromatic heterocycles. The normalized spacial score (nSPS) is 22.0. The summed E-state index contributed by atoms with van der Waals surface area (Å²) in [7, 11) is 0. The van der Waals surface area contributed by atoms with Crippen molar-refractivity contribution in [3.63, 3.8) is 0 Å². The molecule has 0 radical (unpaired) electrons. The fourth-order valence-corrected chi connectivity index (χ4v) is 4.84. The number of anilines is 1. The lowest BCUT2D eigenvalue weighted by atomic mass is 10.1. The van der Waals surface area contributed by atoms with Crippen LogP contribution in [0.3, 0.4) is 0 Å². The van der Waals surface area contributed by atoms with Crippen molar-refractivity contribution in [2.24, 2.45) is 5.92 Å². The van der Waals surface area contributed by atoms with E-state index in [0.717, 1.165) is 17.6 Å². The van der Waals surface area contributed by atoms with Crippen molar-refractivity contribution in [2.45, 2.75) is 19.9 Å². The zero-order valence-corrected chi connectivity index (χ0v) is 18.4. The Bertz CT molecular complexity index is 896. The maximum absolute atomic E-state index is 13.1. The Morgan fingerprint density at radius 3 is 2.47 bits per heavy atom. The van der Waals surface area contributed by atoms with Crippen LogP contribution >= 0.6 is 23.5 Å². The number of nitrogens with one attached hydrogen (secondary N) is 2. The van der Waals surface area contributed by atoms with Crippen molar-refractivity contribution >= 4 is 47.1 Å². The second kappa shape index (κ2) is 8.49. The maximum atomic E-state index is 13.1. The van der Waals surface area contributed by atoms with Crippen LogP contribution in [0.1, 0.15) is 13.8 Å². The summed E-state index contributed by atoms with van der Waals surface area (Å²) in [5.41, 5.74) is 1.45. The van der Waals surface area contributed by atoms with Gasteiger partial charge in [0.15, 0.2) is 0 Å². The number of carbonyl (C=O) groups excluding carboxylic acids is 3. The average Bonchev–Trinajstić information content (AvgIpc) is 3.15. The number of fused-ring (bicyclic) bond motifs is 1. The van der Waals surface area contributed by atoms with E-state index >= 15 is 0 Å². The summed E-state index contributed by atoms with van der Waals surface area (Å²) in [6.07, 6.45) is 0. The number of hydrogen-bond donors (Lipinski definition) is 2. The lowest BCUT2D eigenvalue weighted by Crippen LogP contribution is -2.58. The maximum Gasteiger partial charge on any atom is 0.328 e. The SMILES string of the molecule is CC(C)CN1C(=O)NC2=C(C(=O)N3CCN(c4ccc(Cl)cc4)CC3)SNC2C1=O. The van der Waals surface area contributed by atoms with Gasteiger partial charge in [0.1, 0.15) is 10.9 Å².